The number of unbranched alkanes of at least 4 members (excludes halogenated alkanes) is 2. The molecule has 1 aliphatic carbocycles. The fraction of sp³-hybridized carbons (Fsp3) is 0.378. The van der Waals surface area contributed by atoms with Crippen molar-refractivity contribution >= 4 is 121 Å². The SMILES string of the molecule is CCSSCO[C@@H]1C[C@H](n2cc(C#CCNC(=O)NCCCCCOCSSCCNC(=O)c3ccc(C(=O)O)c(-c4c5ccc(=N)c(S(=O)(=O)O)c-5oc5c(S(=O)(=O)O)c(N)ccc45)c3)c(=O)[nH]c2=O)O[C@@H]1COP(=O)(O)OP(=O)(O)OP(=O)(O)O. The number of aromatic carboxylic acids is 1. The highest BCUT2D eigenvalue weighted by molar-refractivity contribution is 8.77. The van der Waals surface area contributed by atoms with Crippen LogP contribution in [-0.4, -0.2) is 147 Å². The molecule has 0 bridgehead atoms. The molecular formula is C45H54N7O26P3S6. The van der Waals surface area contributed by atoms with E-state index in [0.29, 0.717) is 44.1 Å². The van der Waals surface area contributed by atoms with Gasteiger partial charge in [0.05, 0.1) is 35.9 Å². The molecule has 0 spiro atoms. The number of rotatable bonds is 31. The van der Waals surface area contributed by atoms with Crippen LogP contribution in [0.3, 0.4) is 0 Å². The highest BCUT2D eigenvalue weighted by atomic mass is 33.1. The Balaban J connectivity index is 0.917. The number of nitrogen functional groups attached to an aromatic ring is 1. The van der Waals surface area contributed by atoms with Crippen molar-refractivity contribution in [1.82, 2.24) is 25.5 Å². The van der Waals surface area contributed by atoms with E-state index in [9.17, 15) is 78.5 Å². The van der Waals surface area contributed by atoms with Crippen LogP contribution in [0, 0.1) is 17.3 Å². The first-order valence-corrected chi connectivity index (χ1v) is 37.1. The van der Waals surface area contributed by atoms with Gasteiger partial charge in [0.2, 0.25) is 0 Å². The first kappa shape index (κ1) is 71.0. The summed E-state index contributed by atoms with van der Waals surface area (Å²) < 4.78 is 142. The van der Waals surface area contributed by atoms with Crippen molar-refractivity contribution in [2.24, 2.45) is 0 Å². The van der Waals surface area contributed by atoms with Crippen LogP contribution in [0.25, 0.3) is 33.4 Å². The molecule has 33 nitrogen and oxygen atoms in total. The Hall–Kier alpha value is -5.11. The zero-order valence-electron chi connectivity index (χ0n) is 44.7. The Morgan fingerprint density at radius 3 is 2.29 bits per heavy atom. The number of amides is 3. The fourth-order valence-electron chi connectivity index (χ4n) is 8.09. The van der Waals surface area contributed by atoms with Crippen molar-refractivity contribution in [3.05, 3.63) is 91.5 Å². The molecule has 5 atom stereocenters. The molecule has 3 amide bonds. The van der Waals surface area contributed by atoms with Crippen LogP contribution in [0.2, 0.25) is 0 Å². The van der Waals surface area contributed by atoms with Crippen molar-refractivity contribution < 1.29 is 110 Å². The van der Waals surface area contributed by atoms with Crippen molar-refractivity contribution in [3.8, 4) is 34.3 Å². The molecule has 0 radical (unpaired) electrons. The number of ether oxygens (including phenoxy) is 3. The second-order valence-corrected chi connectivity index (χ2v) is 30.0. The van der Waals surface area contributed by atoms with Gasteiger partial charge in [-0.2, -0.15) is 25.5 Å². The number of carbonyl (C=O) groups excluding carboxylic acids is 2. The van der Waals surface area contributed by atoms with E-state index < -0.39 is 136 Å². The number of nitrogens with one attached hydrogen (secondary N) is 5. The number of carbonyl (C=O) groups is 3. The summed E-state index contributed by atoms with van der Waals surface area (Å²) in [5, 5.41) is 25.3. The molecule has 2 aromatic carbocycles. The van der Waals surface area contributed by atoms with E-state index in [2.05, 4.69) is 41.4 Å². The van der Waals surface area contributed by atoms with Crippen molar-refractivity contribution in [1.29, 1.82) is 5.41 Å². The number of anilines is 1. The second-order valence-electron chi connectivity index (χ2n) is 17.7. The Morgan fingerprint density at radius 1 is 0.874 bits per heavy atom. The number of H-pyrrole nitrogens is 1. The van der Waals surface area contributed by atoms with Gasteiger partial charge in [0.1, 0.15) is 29.8 Å². The molecule has 1 saturated heterocycles. The van der Waals surface area contributed by atoms with E-state index in [0.717, 1.165) is 34.7 Å². The summed E-state index contributed by atoms with van der Waals surface area (Å²) in [4.78, 5) is 101. The number of hydrogen-bond donors (Lipinski definition) is 13. The van der Waals surface area contributed by atoms with Crippen LogP contribution >= 0.6 is 66.6 Å². The Morgan fingerprint density at radius 2 is 1.60 bits per heavy atom. The van der Waals surface area contributed by atoms with Gasteiger partial charge < -0.3 is 65.0 Å². The lowest BCUT2D eigenvalue weighted by Crippen LogP contribution is -2.36. The number of hydrogen-bond acceptors (Lipinski definition) is 25. The third-order valence-electron chi connectivity index (χ3n) is 11.6. The maximum Gasteiger partial charge on any atom is 0.490 e. The fourth-order valence-corrected chi connectivity index (χ4v) is 15.5. The Kier molecular flexibility index (Phi) is 25.4. The standard InChI is InChI=1S/C45H54N7O26P3S6/c1-2-82-85-24-73-33-20-35(75-34(33)22-74-80(62,63)78-81(64,65)77-79(59,60)61)52-21-26(42(54)51-45(52)58)7-6-15-50-44(57)49-14-4-3-5-17-72-23-84-83-18-16-48-41(53)25-8-9-27(43(55)56)30(19-25)36-28-10-12-31(46)39(86(66,67)68)37(28)76-38-29(36)11-13-32(47)40(38)87(69,70)71/h8-13,19,21,33-35,46H,2-5,14-18,20,22-24,47H2,1H3,(H,48,53)(H,55,56)(H,62,63)(H,64,65)(H2,49,50,57)(H,51,54,58)(H2,59,60,61)(H,66,67,68)(H,69,70,71)/t33-,34-,35-/m1/s1. The lowest BCUT2D eigenvalue weighted by Gasteiger charge is -2.21. The number of nitrogens with zero attached hydrogens (tertiary/aromatic N) is 1. The average Bonchev–Trinajstić information content (AvgIpc) is 1.23. The predicted molar refractivity (Wildman–Crippen MR) is 316 cm³/mol. The molecule has 3 aliphatic rings. The predicted octanol–water partition coefficient (Wildman–Crippen LogP) is 4.29. The summed E-state index contributed by atoms with van der Waals surface area (Å²) in [6, 6.07) is 7.35. The topological polar surface area (TPSA) is 522 Å². The molecule has 1 fully saturated rings. The molecule has 3 heterocycles. The van der Waals surface area contributed by atoms with Crippen molar-refractivity contribution in [2.75, 3.05) is 62.0 Å². The summed E-state index contributed by atoms with van der Waals surface area (Å²) in [5.74, 6) is 3.69. The number of phosphoric acid groups is 3. The van der Waals surface area contributed by atoms with Gasteiger partial charge in [0.25, 0.3) is 31.7 Å². The number of aromatic nitrogens is 2. The maximum absolute atomic E-state index is 13.4. The molecule has 42 heteroatoms. The molecule has 0 saturated carbocycles. The van der Waals surface area contributed by atoms with Crippen LogP contribution in [-0.2, 0) is 61.3 Å². The number of fused-ring (bicyclic) bond motifs is 2. The largest absolute Gasteiger partial charge is 0.490 e. The molecule has 476 valence electrons. The van der Waals surface area contributed by atoms with Crippen LogP contribution < -0.4 is 38.3 Å². The van der Waals surface area contributed by atoms with Gasteiger partial charge in [-0.05, 0) is 67.3 Å². The molecule has 3 aromatic rings. The third kappa shape index (κ3) is 20.5. The molecule has 87 heavy (non-hydrogen) atoms. The van der Waals surface area contributed by atoms with E-state index in [1.165, 1.54) is 67.4 Å². The van der Waals surface area contributed by atoms with Gasteiger partial charge in [0.15, 0.2) is 21.1 Å². The lowest BCUT2D eigenvalue weighted by atomic mass is 9.89. The third-order valence-corrected chi connectivity index (χ3v) is 21.5. The van der Waals surface area contributed by atoms with Gasteiger partial charge in [-0.3, -0.25) is 38.2 Å². The number of aromatic amines is 1. The number of nitrogens with two attached hydrogens (primary N) is 1. The van der Waals surface area contributed by atoms with Crippen molar-refractivity contribution in [3.63, 3.8) is 0 Å². The minimum atomic E-state index is -5.81. The zero-order chi connectivity index (χ0) is 64.1. The molecule has 6 rings (SSSR count). The number of phosphoric ester groups is 1. The molecule has 2 aliphatic heterocycles. The number of benzene rings is 3. The minimum absolute atomic E-state index is 0.0686. The van der Waals surface area contributed by atoms with Crippen LogP contribution in [0.15, 0.2) is 72.5 Å². The first-order valence-electron chi connectivity index (χ1n) is 24.8. The Bertz CT molecular complexity index is 3990. The molecular weight excluding hydrogens is 1340 g/mol. The summed E-state index contributed by atoms with van der Waals surface area (Å²) in [5.41, 5.74) is 1.42. The van der Waals surface area contributed by atoms with Gasteiger partial charge in [-0.1, -0.05) is 61.9 Å². The van der Waals surface area contributed by atoms with Gasteiger partial charge in [-0.25, -0.2) is 28.1 Å². The minimum Gasteiger partial charge on any atom is -0.478 e. The van der Waals surface area contributed by atoms with Crippen LogP contribution in [0.4, 0.5) is 10.5 Å². The smallest absolute Gasteiger partial charge is 0.478 e. The summed E-state index contributed by atoms with van der Waals surface area (Å²) in [7, 11) is -22.0. The first-order chi connectivity index (χ1) is 40.8. The van der Waals surface area contributed by atoms with E-state index >= 15 is 0 Å². The Labute approximate surface area is 508 Å². The van der Waals surface area contributed by atoms with Crippen molar-refractivity contribution in [2.45, 2.75) is 60.8 Å². The summed E-state index contributed by atoms with van der Waals surface area (Å²) in [6.07, 6.45) is -0.485. The lowest BCUT2D eigenvalue weighted by molar-refractivity contribution is -0.0543. The molecule has 14 N–H and O–H groups in total. The number of carboxylic acid groups (broad SMARTS) is 1. The van der Waals surface area contributed by atoms with Gasteiger partial charge in [-0.15, -0.1) is 0 Å². The van der Waals surface area contributed by atoms with Gasteiger partial charge >= 0.3 is 41.2 Å². The van der Waals surface area contributed by atoms with E-state index in [1.807, 2.05) is 6.92 Å². The number of urea groups is 1. The quantitative estimate of drug-likeness (QED) is 0.00430. The zero-order valence-corrected chi connectivity index (χ0v) is 52.3. The van der Waals surface area contributed by atoms with Gasteiger partial charge in [0, 0.05) is 65.9 Å². The van der Waals surface area contributed by atoms with E-state index in [4.69, 9.17) is 44.1 Å². The maximum atomic E-state index is 13.4. The molecule has 2 unspecified atom stereocenters. The summed E-state index contributed by atoms with van der Waals surface area (Å²) >= 11 is 0. The normalized spacial score (nSPS) is 16.8. The highest BCUT2D eigenvalue weighted by Crippen LogP contribution is 2.66. The average molecular weight is 1390 g/mol. The summed E-state index contributed by atoms with van der Waals surface area (Å²) in [6.45, 7) is 1.62. The number of carboxylic acids is 1. The van der Waals surface area contributed by atoms with E-state index in [1.54, 1.807) is 0 Å². The second kappa shape index (κ2) is 31.1. The molecule has 1 aromatic heterocycles. The van der Waals surface area contributed by atoms with E-state index in [-0.39, 0.29) is 58.7 Å². The monoisotopic (exact) mass is 1390 g/mol. The van der Waals surface area contributed by atoms with Crippen LogP contribution in [0.5, 0.6) is 0 Å². The highest BCUT2D eigenvalue weighted by Gasteiger charge is 2.44. The van der Waals surface area contributed by atoms with Crippen LogP contribution in [0.1, 0.15) is 65.1 Å².